The Bertz CT molecular complexity index is 778. The molecule has 1 heterocycles. The number of carbonyl (C=O) groups is 3. The van der Waals surface area contributed by atoms with Gasteiger partial charge in [0, 0.05) is 30.9 Å². The molecule has 1 aliphatic heterocycles. The number of hydrogen-bond donors (Lipinski definition) is 3. The second kappa shape index (κ2) is 12.1. The van der Waals surface area contributed by atoms with Gasteiger partial charge in [-0.1, -0.05) is 19.3 Å². The minimum atomic E-state index is -0.374. The van der Waals surface area contributed by atoms with Crippen LogP contribution in [-0.2, 0) is 9.59 Å². The molecule has 1 atom stereocenters. The lowest BCUT2D eigenvalue weighted by atomic mass is 9.95. The Balaban J connectivity index is 1.32. The first-order valence-electron chi connectivity index (χ1n) is 11.4. The Hall–Kier alpha value is -2.29. The molecular formula is C23H33FN4O3S. The maximum absolute atomic E-state index is 12.9. The number of anilines is 1. The van der Waals surface area contributed by atoms with Crippen molar-refractivity contribution >= 4 is 35.3 Å². The molecule has 3 rings (SSSR count). The van der Waals surface area contributed by atoms with E-state index in [1.54, 1.807) is 6.92 Å². The monoisotopic (exact) mass is 464 g/mol. The molecule has 2 aliphatic rings. The molecule has 176 valence electrons. The maximum atomic E-state index is 12.9. The first-order valence-corrected chi connectivity index (χ1v) is 12.5. The van der Waals surface area contributed by atoms with Crippen LogP contribution in [-0.4, -0.2) is 58.9 Å². The predicted molar refractivity (Wildman–Crippen MR) is 125 cm³/mol. The molecule has 2 fully saturated rings. The number of hydrogen-bond acceptors (Lipinski definition) is 4. The van der Waals surface area contributed by atoms with Crippen molar-refractivity contribution in [1.29, 1.82) is 0 Å². The number of carbonyl (C=O) groups excluding carboxylic acids is 3. The zero-order chi connectivity index (χ0) is 22.9. The van der Waals surface area contributed by atoms with Crippen LogP contribution >= 0.6 is 11.8 Å². The average molecular weight is 465 g/mol. The minimum Gasteiger partial charge on any atom is -0.352 e. The molecule has 1 aliphatic carbocycles. The van der Waals surface area contributed by atoms with Crippen LogP contribution in [0.1, 0.15) is 51.9 Å². The highest BCUT2D eigenvalue weighted by molar-refractivity contribution is 8.01. The van der Waals surface area contributed by atoms with Crippen molar-refractivity contribution in [2.75, 3.05) is 24.2 Å². The average Bonchev–Trinajstić information content (AvgIpc) is 2.80. The quantitative estimate of drug-likeness (QED) is 0.576. The van der Waals surface area contributed by atoms with Gasteiger partial charge in [0.25, 0.3) is 0 Å². The van der Waals surface area contributed by atoms with Gasteiger partial charge in [0.2, 0.25) is 11.8 Å². The summed E-state index contributed by atoms with van der Waals surface area (Å²) in [6.45, 7) is 3.04. The van der Waals surface area contributed by atoms with Crippen LogP contribution < -0.4 is 16.0 Å². The summed E-state index contributed by atoms with van der Waals surface area (Å²) in [6, 6.07) is 5.90. The molecule has 3 N–H and O–H groups in total. The van der Waals surface area contributed by atoms with Crippen molar-refractivity contribution in [1.82, 2.24) is 15.5 Å². The fraction of sp³-hybridized carbons (Fsp3) is 0.609. The van der Waals surface area contributed by atoms with E-state index in [2.05, 4.69) is 16.0 Å². The fourth-order valence-electron chi connectivity index (χ4n) is 4.06. The lowest BCUT2D eigenvalue weighted by Gasteiger charge is -2.34. The number of thioether (sulfide) groups is 1. The number of nitrogens with zero attached hydrogens (tertiary/aromatic N) is 1. The van der Waals surface area contributed by atoms with Gasteiger partial charge in [0.15, 0.2) is 0 Å². The summed E-state index contributed by atoms with van der Waals surface area (Å²) in [4.78, 5) is 38.9. The smallest absolute Gasteiger partial charge is 0.317 e. The molecule has 1 aromatic rings. The number of benzene rings is 1. The first-order chi connectivity index (χ1) is 15.4. The summed E-state index contributed by atoms with van der Waals surface area (Å²) >= 11 is 1.26. The van der Waals surface area contributed by atoms with Gasteiger partial charge in [-0.25, -0.2) is 9.18 Å². The molecule has 1 aromatic carbocycles. The van der Waals surface area contributed by atoms with E-state index < -0.39 is 0 Å². The molecule has 0 bridgehead atoms. The van der Waals surface area contributed by atoms with Crippen molar-refractivity contribution in [3.63, 3.8) is 0 Å². The van der Waals surface area contributed by atoms with Crippen molar-refractivity contribution in [2.45, 2.75) is 69.2 Å². The summed E-state index contributed by atoms with van der Waals surface area (Å²) < 4.78 is 12.9. The summed E-state index contributed by atoms with van der Waals surface area (Å²) in [5.74, 6) is -0.572. The molecule has 0 aromatic heterocycles. The van der Waals surface area contributed by atoms with Crippen molar-refractivity contribution in [3.8, 4) is 0 Å². The third-order valence-corrected chi connectivity index (χ3v) is 7.17. The zero-order valence-corrected chi connectivity index (χ0v) is 19.4. The highest BCUT2D eigenvalue weighted by atomic mass is 32.2. The Morgan fingerprint density at radius 2 is 1.62 bits per heavy atom. The van der Waals surface area contributed by atoms with Crippen LogP contribution in [0, 0.1) is 5.82 Å². The van der Waals surface area contributed by atoms with Crippen LogP contribution in [0.2, 0.25) is 0 Å². The van der Waals surface area contributed by atoms with Gasteiger partial charge in [-0.2, -0.15) is 0 Å². The second-order valence-corrected chi connectivity index (χ2v) is 9.89. The predicted octanol–water partition coefficient (Wildman–Crippen LogP) is 3.51. The summed E-state index contributed by atoms with van der Waals surface area (Å²) in [5.41, 5.74) is 0.522. The zero-order valence-electron chi connectivity index (χ0n) is 18.6. The number of urea groups is 1. The Kier molecular flexibility index (Phi) is 9.20. The summed E-state index contributed by atoms with van der Waals surface area (Å²) in [7, 11) is 0. The Morgan fingerprint density at radius 1 is 1.00 bits per heavy atom. The number of halogens is 1. The van der Waals surface area contributed by atoms with Gasteiger partial charge >= 0.3 is 6.03 Å². The van der Waals surface area contributed by atoms with Gasteiger partial charge < -0.3 is 20.9 Å². The molecule has 7 nitrogen and oxygen atoms in total. The maximum Gasteiger partial charge on any atom is 0.317 e. The number of nitrogens with one attached hydrogen (secondary N) is 3. The van der Waals surface area contributed by atoms with E-state index in [1.165, 1.54) is 55.3 Å². The van der Waals surface area contributed by atoms with Crippen LogP contribution in [0.15, 0.2) is 24.3 Å². The molecule has 1 unspecified atom stereocenters. The van der Waals surface area contributed by atoms with Crippen molar-refractivity contribution < 1.29 is 18.8 Å². The summed E-state index contributed by atoms with van der Waals surface area (Å²) in [6.07, 6.45) is 7.21. The molecular weight excluding hydrogens is 431 g/mol. The first kappa shape index (κ1) is 24.4. The van der Waals surface area contributed by atoms with E-state index in [1.807, 2.05) is 4.90 Å². The lowest BCUT2D eigenvalue weighted by Crippen LogP contribution is -2.52. The molecule has 1 saturated carbocycles. The highest BCUT2D eigenvalue weighted by Gasteiger charge is 2.27. The normalized spacial score (nSPS) is 18.6. The van der Waals surface area contributed by atoms with Crippen molar-refractivity contribution in [2.24, 2.45) is 0 Å². The van der Waals surface area contributed by atoms with Gasteiger partial charge in [0.1, 0.15) is 5.82 Å². The number of likely N-dealkylation sites (tertiary alicyclic amines) is 1. The largest absolute Gasteiger partial charge is 0.352 e. The van der Waals surface area contributed by atoms with Gasteiger partial charge in [-0.05, 0) is 56.9 Å². The third kappa shape index (κ3) is 7.69. The molecule has 4 amide bonds. The van der Waals surface area contributed by atoms with Gasteiger partial charge in [-0.15, -0.1) is 11.8 Å². The molecule has 0 spiro atoms. The summed E-state index contributed by atoms with van der Waals surface area (Å²) in [5, 5.41) is 8.51. The molecule has 0 radical (unpaired) electrons. The molecule has 1 saturated heterocycles. The Labute approximate surface area is 193 Å². The topological polar surface area (TPSA) is 90.5 Å². The Morgan fingerprint density at radius 3 is 2.28 bits per heavy atom. The van der Waals surface area contributed by atoms with Gasteiger partial charge in [-0.3, -0.25) is 9.59 Å². The van der Waals surface area contributed by atoms with Crippen LogP contribution in [0.5, 0.6) is 0 Å². The van der Waals surface area contributed by atoms with E-state index in [0.717, 1.165) is 25.7 Å². The SMILES string of the molecule is CC(SCC(=O)Nc1ccc(F)cc1)C(=O)NC1CCN(C(=O)NC2CCCCC2)CC1. The van der Waals surface area contributed by atoms with Gasteiger partial charge in [0.05, 0.1) is 11.0 Å². The fourth-order valence-corrected chi connectivity index (χ4v) is 4.76. The second-order valence-electron chi connectivity index (χ2n) is 8.56. The van der Waals surface area contributed by atoms with E-state index in [0.29, 0.717) is 24.8 Å². The highest BCUT2D eigenvalue weighted by Crippen LogP contribution is 2.19. The van der Waals surface area contributed by atoms with Crippen LogP contribution in [0.4, 0.5) is 14.9 Å². The van der Waals surface area contributed by atoms with E-state index in [-0.39, 0.29) is 40.7 Å². The third-order valence-electron chi connectivity index (χ3n) is 6.02. The molecule has 9 heteroatoms. The number of piperidine rings is 1. The van der Waals surface area contributed by atoms with Crippen molar-refractivity contribution in [3.05, 3.63) is 30.1 Å². The number of amides is 4. The van der Waals surface area contributed by atoms with E-state index in [4.69, 9.17) is 0 Å². The number of rotatable bonds is 7. The van der Waals surface area contributed by atoms with E-state index in [9.17, 15) is 18.8 Å². The molecule has 32 heavy (non-hydrogen) atoms. The van der Waals surface area contributed by atoms with Crippen LogP contribution in [0.25, 0.3) is 0 Å². The standard InChI is InChI=1S/C23H33FN4O3S/c1-16(32-15-21(29)25-19-9-7-17(24)8-10-19)22(30)26-20-11-13-28(14-12-20)23(31)27-18-5-3-2-4-6-18/h7-10,16,18,20H,2-6,11-15H2,1H3,(H,25,29)(H,26,30)(H,27,31). The lowest BCUT2D eigenvalue weighted by molar-refractivity contribution is -0.121. The van der Waals surface area contributed by atoms with E-state index >= 15 is 0 Å². The van der Waals surface area contributed by atoms with Crippen LogP contribution in [0.3, 0.4) is 0 Å². The minimum absolute atomic E-state index is 0.0118.